The number of phenolic OH excluding ortho intramolecular Hbond substituents is 1. The van der Waals surface area contributed by atoms with Crippen LogP contribution in [0.2, 0.25) is 0 Å². The van der Waals surface area contributed by atoms with Gasteiger partial charge in [0.2, 0.25) is 0 Å². The Kier molecular flexibility index (Phi) is 4.86. The zero-order chi connectivity index (χ0) is 7.56. The van der Waals surface area contributed by atoms with Gasteiger partial charge in [0.15, 0.2) is 0 Å². The topological polar surface area (TPSA) is 63.4 Å². The third kappa shape index (κ3) is 3.30. The molecule has 0 heterocycles. The Morgan fingerprint density at radius 2 is 2.18 bits per heavy atom. The summed E-state index contributed by atoms with van der Waals surface area (Å²) in [5.41, 5.74) is -0.0972. The number of hydrogen-bond acceptors (Lipinski definition) is 3. The summed E-state index contributed by atoms with van der Waals surface area (Å²) in [7, 11) is 0. The van der Waals surface area contributed by atoms with Gasteiger partial charge in [-0.3, -0.25) is 10.1 Å². The van der Waals surface area contributed by atoms with Crippen LogP contribution in [0.1, 0.15) is 1.43 Å². The monoisotopic (exact) mass is 179 g/mol. The average Bonchev–Trinajstić information content (AvgIpc) is 1.88. The van der Waals surface area contributed by atoms with Crippen molar-refractivity contribution in [3.63, 3.8) is 0 Å². The van der Waals surface area contributed by atoms with Crippen molar-refractivity contribution in [3.8, 4) is 5.75 Å². The summed E-state index contributed by atoms with van der Waals surface area (Å²) in [6.07, 6.45) is 0. The van der Waals surface area contributed by atoms with Crippen molar-refractivity contribution in [2.75, 3.05) is 0 Å². The van der Waals surface area contributed by atoms with Crippen molar-refractivity contribution in [2.24, 2.45) is 0 Å². The van der Waals surface area contributed by atoms with Gasteiger partial charge in [-0.2, -0.15) is 0 Å². The van der Waals surface area contributed by atoms with E-state index in [4.69, 9.17) is 5.11 Å². The molecular weight excluding hydrogens is 173 g/mol. The normalized spacial score (nSPS) is 8.36. The SMILES string of the molecule is O=[N+]([O-])c1cccc(O)c1.[H-].[K+]. The van der Waals surface area contributed by atoms with Gasteiger partial charge in [0.1, 0.15) is 5.75 Å². The van der Waals surface area contributed by atoms with Crippen LogP contribution in [0, 0.1) is 10.1 Å². The number of phenols is 1. The second kappa shape index (κ2) is 4.84. The molecule has 1 rings (SSSR count). The van der Waals surface area contributed by atoms with Gasteiger partial charge in [0.05, 0.1) is 11.0 Å². The van der Waals surface area contributed by atoms with E-state index in [0.29, 0.717) is 0 Å². The predicted molar refractivity (Wildman–Crippen MR) is 35.9 cm³/mol. The van der Waals surface area contributed by atoms with Gasteiger partial charge >= 0.3 is 51.4 Å². The number of benzene rings is 1. The van der Waals surface area contributed by atoms with Crippen molar-refractivity contribution in [1.82, 2.24) is 0 Å². The molecule has 0 radical (unpaired) electrons. The third-order valence-corrected chi connectivity index (χ3v) is 1.04. The molecule has 0 aliphatic rings. The van der Waals surface area contributed by atoms with E-state index in [2.05, 4.69) is 0 Å². The van der Waals surface area contributed by atoms with E-state index in [0.717, 1.165) is 6.07 Å². The molecule has 1 aromatic carbocycles. The fourth-order valence-electron chi connectivity index (χ4n) is 0.607. The fourth-order valence-corrected chi connectivity index (χ4v) is 0.607. The van der Waals surface area contributed by atoms with Crippen LogP contribution < -0.4 is 51.4 Å². The molecule has 0 aromatic heterocycles. The molecule has 0 unspecified atom stereocenters. The minimum atomic E-state index is -0.556. The number of non-ortho nitro benzene ring substituents is 1. The first-order valence-electron chi connectivity index (χ1n) is 2.63. The van der Waals surface area contributed by atoms with Crippen LogP contribution in [-0.2, 0) is 0 Å². The Morgan fingerprint density at radius 3 is 2.55 bits per heavy atom. The third-order valence-electron chi connectivity index (χ3n) is 1.04. The second-order valence-corrected chi connectivity index (χ2v) is 1.78. The molecule has 1 N–H and O–H groups in total. The second-order valence-electron chi connectivity index (χ2n) is 1.78. The first kappa shape index (κ1) is 11.1. The molecule has 1 aromatic rings. The van der Waals surface area contributed by atoms with E-state index < -0.39 is 4.92 Å². The summed E-state index contributed by atoms with van der Waals surface area (Å²) >= 11 is 0. The Morgan fingerprint density at radius 1 is 1.55 bits per heavy atom. The summed E-state index contributed by atoms with van der Waals surface area (Å²) in [6.45, 7) is 0. The van der Waals surface area contributed by atoms with Gasteiger partial charge in [-0.05, 0) is 6.07 Å². The summed E-state index contributed by atoms with van der Waals surface area (Å²) in [5.74, 6) is -0.0887. The number of nitrogens with zero attached hydrogens (tertiary/aromatic N) is 1. The molecule has 0 bridgehead atoms. The van der Waals surface area contributed by atoms with Crippen LogP contribution >= 0.6 is 0 Å². The summed E-state index contributed by atoms with van der Waals surface area (Å²) in [6, 6.07) is 5.22. The van der Waals surface area contributed by atoms with E-state index in [1.54, 1.807) is 0 Å². The fraction of sp³-hybridized carbons (Fsp3) is 0. The predicted octanol–water partition coefficient (Wildman–Crippen LogP) is -1.58. The molecule has 0 saturated heterocycles. The number of hydrogen-bond donors (Lipinski definition) is 1. The van der Waals surface area contributed by atoms with Gasteiger partial charge < -0.3 is 6.53 Å². The molecule has 54 valence electrons. The Hall–Kier alpha value is 0.0564. The molecule has 0 amide bonds. The molecule has 0 aliphatic carbocycles. The van der Waals surface area contributed by atoms with Crippen LogP contribution in [0.3, 0.4) is 0 Å². The minimum Gasteiger partial charge on any atom is -1.00 e. The Labute approximate surface area is 107 Å². The van der Waals surface area contributed by atoms with Gasteiger partial charge in [-0.15, -0.1) is 0 Å². The van der Waals surface area contributed by atoms with Crippen molar-refractivity contribution >= 4 is 5.69 Å². The smallest absolute Gasteiger partial charge is 1.00 e. The van der Waals surface area contributed by atoms with Crippen LogP contribution in [0.4, 0.5) is 5.69 Å². The molecule has 0 fully saturated rings. The molecular formula is C6H6KNO3. The van der Waals surface area contributed by atoms with E-state index in [-0.39, 0.29) is 64.2 Å². The zero-order valence-corrected chi connectivity index (χ0v) is 9.14. The zero-order valence-electron chi connectivity index (χ0n) is 7.02. The van der Waals surface area contributed by atoms with E-state index in [1.165, 1.54) is 18.2 Å². The van der Waals surface area contributed by atoms with E-state index >= 15 is 0 Å². The molecule has 4 nitrogen and oxygen atoms in total. The van der Waals surface area contributed by atoms with Gasteiger partial charge in [0, 0.05) is 6.07 Å². The van der Waals surface area contributed by atoms with Crippen molar-refractivity contribution in [2.45, 2.75) is 0 Å². The van der Waals surface area contributed by atoms with Crippen LogP contribution in [-0.4, -0.2) is 10.0 Å². The average molecular weight is 179 g/mol. The largest absolute Gasteiger partial charge is 1.00 e. The minimum absolute atomic E-state index is 0. The number of aromatic hydroxyl groups is 1. The van der Waals surface area contributed by atoms with Gasteiger partial charge in [-0.1, -0.05) is 6.07 Å². The van der Waals surface area contributed by atoms with E-state index in [1.807, 2.05) is 0 Å². The maximum absolute atomic E-state index is 10.0. The molecule has 5 heteroatoms. The summed E-state index contributed by atoms with van der Waals surface area (Å²) in [4.78, 5) is 9.49. The standard InChI is InChI=1S/C6H5NO3.K.H/c8-6-3-1-2-5(4-6)7(9)10;;/h1-4,8H;;/q;+1;-1. The van der Waals surface area contributed by atoms with Gasteiger partial charge in [0.25, 0.3) is 5.69 Å². The molecule has 0 spiro atoms. The molecule has 0 saturated carbocycles. The number of nitro groups is 1. The number of rotatable bonds is 1. The molecule has 0 aliphatic heterocycles. The maximum atomic E-state index is 10.0. The molecule has 11 heavy (non-hydrogen) atoms. The maximum Gasteiger partial charge on any atom is 1.00 e. The Bertz CT molecular complexity index is 269. The van der Waals surface area contributed by atoms with Crippen molar-refractivity contribution in [3.05, 3.63) is 34.4 Å². The summed E-state index contributed by atoms with van der Waals surface area (Å²) in [5, 5.41) is 18.8. The number of nitro benzene ring substituents is 1. The van der Waals surface area contributed by atoms with Crippen LogP contribution in [0.25, 0.3) is 0 Å². The first-order valence-corrected chi connectivity index (χ1v) is 2.63. The van der Waals surface area contributed by atoms with E-state index in [9.17, 15) is 10.1 Å². The van der Waals surface area contributed by atoms with Crippen LogP contribution in [0.15, 0.2) is 24.3 Å². The summed E-state index contributed by atoms with van der Waals surface area (Å²) < 4.78 is 0. The quantitative estimate of drug-likeness (QED) is 0.321. The van der Waals surface area contributed by atoms with Gasteiger partial charge in [-0.25, -0.2) is 0 Å². The Balaban J connectivity index is 0. The van der Waals surface area contributed by atoms with Crippen molar-refractivity contribution < 1.29 is 62.8 Å². The first-order chi connectivity index (χ1) is 4.70. The van der Waals surface area contributed by atoms with Crippen LogP contribution in [0.5, 0.6) is 5.75 Å². The van der Waals surface area contributed by atoms with Crippen molar-refractivity contribution in [1.29, 1.82) is 0 Å². The molecule has 0 atom stereocenters.